The molecule has 178 valence electrons. The summed E-state index contributed by atoms with van der Waals surface area (Å²) < 4.78 is 30.6. The van der Waals surface area contributed by atoms with Gasteiger partial charge in [-0.2, -0.15) is 9.30 Å². The van der Waals surface area contributed by atoms with Crippen LogP contribution in [0.4, 0.5) is 0 Å². The van der Waals surface area contributed by atoms with Gasteiger partial charge in [-0.1, -0.05) is 56.7 Å². The Morgan fingerprint density at radius 1 is 1.06 bits per heavy atom. The maximum atomic E-state index is 13.2. The second kappa shape index (κ2) is 10.1. The number of aromatic nitrogens is 1. The van der Waals surface area contributed by atoms with E-state index in [0.717, 1.165) is 15.8 Å². The average molecular weight is 508 g/mol. The van der Waals surface area contributed by atoms with Crippen molar-refractivity contribution in [2.75, 3.05) is 13.1 Å². The van der Waals surface area contributed by atoms with E-state index >= 15 is 0 Å². The van der Waals surface area contributed by atoms with Gasteiger partial charge in [-0.15, -0.1) is 0 Å². The fourth-order valence-electron chi connectivity index (χ4n) is 3.67. The molecule has 0 aliphatic rings. The molecule has 0 unspecified atom stereocenters. The number of benzene rings is 2. The highest BCUT2D eigenvalue weighted by Gasteiger charge is 2.26. The molecule has 0 atom stereocenters. The van der Waals surface area contributed by atoms with Crippen LogP contribution in [0.2, 0.25) is 5.02 Å². The van der Waals surface area contributed by atoms with E-state index in [1.54, 1.807) is 0 Å². The van der Waals surface area contributed by atoms with E-state index in [0.29, 0.717) is 28.5 Å². The van der Waals surface area contributed by atoms with Gasteiger partial charge in [-0.25, -0.2) is 8.42 Å². The molecule has 1 heterocycles. The van der Waals surface area contributed by atoms with Crippen LogP contribution in [0.25, 0.3) is 10.2 Å². The van der Waals surface area contributed by atoms with Gasteiger partial charge in [-0.05, 0) is 54.7 Å². The highest BCUT2D eigenvalue weighted by molar-refractivity contribution is 7.89. The van der Waals surface area contributed by atoms with Gasteiger partial charge >= 0.3 is 0 Å². The number of halogens is 1. The summed E-state index contributed by atoms with van der Waals surface area (Å²) in [7, 11) is -1.80. The van der Waals surface area contributed by atoms with Crippen molar-refractivity contribution in [2.45, 2.75) is 39.5 Å². The molecule has 0 bridgehead atoms. The largest absolute Gasteiger partial charge is 0.319 e. The normalized spacial score (nSPS) is 13.1. The van der Waals surface area contributed by atoms with Crippen molar-refractivity contribution >= 4 is 49.1 Å². The van der Waals surface area contributed by atoms with Crippen LogP contribution in [0.1, 0.15) is 43.6 Å². The molecule has 0 radical (unpaired) electrons. The van der Waals surface area contributed by atoms with Crippen molar-refractivity contribution in [1.29, 1.82) is 0 Å². The molecule has 0 aliphatic carbocycles. The number of fused-ring (bicyclic) bond motifs is 1. The first-order chi connectivity index (χ1) is 15.4. The fourth-order valence-corrected chi connectivity index (χ4v) is 6.80. The van der Waals surface area contributed by atoms with E-state index in [1.807, 2.05) is 58.4 Å². The highest BCUT2D eigenvalue weighted by Crippen LogP contribution is 2.28. The molecule has 1 aromatic heterocycles. The van der Waals surface area contributed by atoms with E-state index in [2.05, 4.69) is 4.99 Å². The molecular formula is C24H30ClN3O3S2. The number of nitrogens with zero attached hydrogens (tertiary/aromatic N) is 3. The summed E-state index contributed by atoms with van der Waals surface area (Å²) in [6, 6.07) is 9.78. The number of carbonyl (C=O) groups excluding carboxylic acids is 1. The minimum atomic E-state index is -3.65. The topological polar surface area (TPSA) is 71.7 Å². The second-order valence-corrected chi connectivity index (χ2v) is 12.4. The number of thiazole rings is 1. The van der Waals surface area contributed by atoms with Gasteiger partial charge < -0.3 is 4.57 Å². The zero-order chi connectivity index (χ0) is 24.5. The second-order valence-electron chi connectivity index (χ2n) is 9.04. The maximum Gasteiger partial charge on any atom is 0.279 e. The quantitative estimate of drug-likeness (QED) is 0.438. The van der Waals surface area contributed by atoms with Crippen molar-refractivity contribution in [3.05, 3.63) is 57.3 Å². The van der Waals surface area contributed by atoms with Crippen LogP contribution in [-0.4, -0.2) is 36.3 Å². The zero-order valence-corrected chi connectivity index (χ0v) is 22.2. The molecule has 3 rings (SSSR count). The first-order valence-corrected chi connectivity index (χ1v) is 13.5. The Labute approximate surface area is 204 Å². The Hall–Kier alpha value is -2.00. The first-order valence-electron chi connectivity index (χ1n) is 10.9. The van der Waals surface area contributed by atoms with Crippen LogP contribution >= 0.6 is 22.9 Å². The number of hydrogen-bond acceptors (Lipinski definition) is 4. The van der Waals surface area contributed by atoms with Gasteiger partial charge in [0.25, 0.3) is 5.91 Å². The predicted octanol–water partition coefficient (Wildman–Crippen LogP) is 5.25. The molecular weight excluding hydrogens is 478 g/mol. The molecule has 1 amide bonds. The lowest BCUT2D eigenvalue weighted by atomic mass is 10.2. The van der Waals surface area contributed by atoms with Gasteiger partial charge in [0, 0.05) is 25.7 Å². The van der Waals surface area contributed by atoms with E-state index < -0.39 is 15.9 Å². The molecule has 9 heteroatoms. The Balaban J connectivity index is 1.93. The van der Waals surface area contributed by atoms with Crippen LogP contribution in [-0.2, 0) is 17.1 Å². The van der Waals surface area contributed by atoms with Gasteiger partial charge in [0.05, 0.1) is 20.1 Å². The lowest BCUT2D eigenvalue weighted by Gasteiger charge is -2.25. The Bertz CT molecular complexity index is 1330. The summed E-state index contributed by atoms with van der Waals surface area (Å²) in [6.45, 7) is 10.9. The van der Waals surface area contributed by atoms with E-state index in [-0.39, 0.29) is 16.7 Å². The minimum absolute atomic E-state index is 0.176. The lowest BCUT2D eigenvalue weighted by molar-refractivity contribution is 0.0998. The van der Waals surface area contributed by atoms with Gasteiger partial charge in [0.1, 0.15) is 0 Å². The van der Waals surface area contributed by atoms with Crippen LogP contribution in [0.15, 0.2) is 46.3 Å². The average Bonchev–Trinajstić information content (AvgIpc) is 3.07. The molecule has 0 saturated heterocycles. The lowest BCUT2D eigenvalue weighted by Crippen LogP contribution is -2.37. The number of rotatable bonds is 7. The van der Waals surface area contributed by atoms with Crippen molar-refractivity contribution in [1.82, 2.24) is 8.87 Å². The maximum absolute atomic E-state index is 13.2. The van der Waals surface area contributed by atoms with Crippen LogP contribution in [0.3, 0.4) is 0 Å². The van der Waals surface area contributed by atoms with Crippen LogP contribution < -0.4 is 4.80 Å². The van der Waals surface area contributed by atoms with E-state index in [1.165, 1.54) is 39.9 Å². The number of hydrogen-bond donors (Lipinski definition) is 0. The number of carbonyl (C=O) groups is 1. The molecule has 0 fully saturated rings. The van der Waals surface area contributed by atoms with Crippen molar-refractivity contribution in [2.24, 2.45) is 23.9 Å². The zero-order valence-electron chi connectivity index (χ0n) is 19.8. The third-order valence-electron chi connectivity index (χ3n) is 5.17. The van der Waals surface area contributed by atoms with E-state index in [4.69, 9.17) is 11.6 Å². The SMILES string of the molecule is Cc1ccc(Cl)c2sc(=NC(=O)c3ccc(S(=O)(=O)N(CC(C)C)CC(C)C)cc3)n(C)c12. The third kappa shape index (κ3) is 5.57. The van der Waals surface area contributed by atoms with Gasteiger partial charge in [0.2, 0.25) is 10.0 Å². The molecule has 6 nitrogen and oxygen atoms in total. The third-order valence-corrected chi connectivity index (χ3v) is 8.61. The minimum Gasteiger partial charge on any atom is -0.319 e. The summed E-state index contributed by atoms with van der Waals surface area (Å²) in [5.74, 6) is -0.0224. The Kier molecular flexibility index (Phi) is 7.84. The van der Waals surface area contributed by atoms with Crippen molar-refractivity contribution in [3.8, 4) is 0 Å². The summed E-state index contributed by atoms with van der Waals surface area (Å²) >= 11 is 7.68. The Morgan fingerprint density at radius 2 is 1.64 bits per heavy atom. The van der Waals surface area contributed by atoms with Gasteiger partial charge in [-0.3, -0.25) is 4.79 Å². The summed E-state index contributed by atoms with van der Waals surface area (Å²) in [5.41, 5.74) is 2.31. The number of amides is 1. The summed E-state index contributed by atoms with van der Waals surface area (Å²) in [4.78, 5) is 17.8. The summed E-state index contributed by atoms with van der Waals surface area (Å²) in [6.07, 6.45) is 0. The molecule has 33 heavy (non-hydrogen) atoms. The van der Waals surface area contributed by atoms with Crippen molar-refractivity contribution in [3.63, 3.8) is 0 Å². The molecule has 3 aromatic rings. The first kappa shape index (κ1) is 25.6. The number of sulfonamides is 1. The molecule has 2 aromatic carbocycles. The molecule has 0 saturated carbocycles. The van der Waals surface area contributed by atoms with Crippen LogP contribution in [0.5, 0.6) is 0 Å². The monoisotopic (exact) mass is 507 g/mol. The van der Waals surface area contributed by atoms with Gasteiger partial charge in [0.15, 0.2) is 4.80 Å². The molecule has 0 N–H and O–H groups in total. The highest BCUT2D eigenvalue weighted by atomic mass is 35.5. The summed E-state index contributed by atoms with van der Waals surface area (Å²) in [5, 5.41) is 0.618. The fraction of sp³-hybridized carbons (Fsp3) is 0.417. The smallest absolute Gasteiger partial charge is 0.279 e. The van der Waals surface area contributed by atoms with E-state index in [9.17, 15) is 13.2 Å². The van der Waals surface area contributed by atoms with Crippen molar-refractivity contribution < 1.29 is 13.2 Å². The standard InChI is InChI=1S/C24H30ClN3O3S2/c1-15(2)13-28(14-16(3)4)33(30,31)19-10-8-18(9-11-19)23(29)26-24-27(6)21-17(5)7-12-20(25)22(21)32-24/h7-12,15-16H,13-14H2,1-6H3. The molecule has 0 spiro atoms. The molecule has 0 aliphatic heterocycles. The predicted molar refractivity (Wildman–Crippen MR) is 135 cm³/mol. The Morgan fingerprint density at radius 3 is 2.15 bits per heavy atom. The van der Waals surface area contributed by atoms with Crippen LogP contribution in [0, 0.1) is 18.8 Å². The number of aryl methyl sites for hydroxylation is 2.